The van der Waals surface area contributed by atoms with Crippen LogP contribution in [-0.4, -0.2) is 42.5 Å². The molecule has 2 atom stereocenters. The number of hydrogen-bond acceptors (Lipinski definition) is 3. The van der Waals surface area contributed by atoms with Crippen molar-refractivity contribution < 1.29 is 4.79 Å². The second-order valence-corrected chi connectivity index (χ2v) is 5.45. The third kappa shape index (κ3) is 3.78. The zero-order chi connectivity index (χ0) is 13.8. The van der Waals surface area contributed by atoms with Crippen molar-refractivity contribution in [2.75, 3.05) is 25.0 Å². The SMILES string of the molecule is Cc1ccccc1NC(=O)CN1CC(C)NCC1C. The van der Waals surface area contributed by atoms with E-state index < -0.39 is 0 Å². The van der Waals surface area contributed by atoms with Gasteiger partial charge in [0.25, 0.3) is 0 Å². The average molecular weight is 261 g/mol. The molecule has 2 rings (SSSR count). The Kier molecular flexibility index (Phi) is 4.56. The fourth-order valence-corrected chi connectivity index (χ4v) is 2.40. The molecule has 1 saturated heterocycles. The molecule has 0 spiro atoms. The number of hydrogen-bond donors (Lipinski definition) is 2. The van der Waals surface area contributed by atoms with E-state index in [1.165, 1.54) is 0 Å². The Bertz CT molecular complexity index is 447. The first-order valence-corrected chi connectivity index (χ1v) is 6.89. The molecule has 1 fully saturated rings. The molecule has 4 heteroatoms. The Morgan fingerprint density at radius 1 is 1.42 bits per heavy atom. The van der Waals surface area contributed by atoms with Gasteiger partial charge in [0, 0.05) is 30.9 Å². The van der Waals surface area contributed by atoms with Crippen LogP contribution in [0.2, 0.25) is 0 Å². The van der Waals surface area contributed by atoms with Gasteiger partial charge in [-0.2, -0.15) is 0 Å². The van der Waals surface area contributed by atoms with Gasteiger partial charge in [-0.3, -0.25) is 9.69 Å². The summed E-state index contributed by atoms with van der Waals surface area (Å²) < 4.78 is 0. The van der Waals surface area contributed by atoms with E-state index in [1.54, 1.807) is 0 Å². The molecular weight excluding hydrogens is 238 g/mol. The average Bonchev–Trinajstić information content (AvgIpc) is 2.37. The summed E-state index contributed by atoms with van der Waals surface area (Å²) in [6.45, 7) is 8.63. The number of carbonyl (C=O) groups is 1. The topological polar surface area (TPSA) is 44.4 Å². The van der Waals surface area contributed by atoms with Crippen molar-refractivity contribution in [2.45, 2.75) is 32.9 Å². The monoisotopic (exact) mass is 261 g/mol. The minimum atomic E-state index is 0.0650. The smallest absolute Gasteiger partial charge is 0.238 e. The normalized spacial score (nSPS) is 24.2. The maximum atomic E-state index is 12.1. The predicted molar refractivity (Wildman–Crippen MR) is 78.3 cm³/mol. The molecule has 1 heterocycles. The lowest BCUT2D eigenvalue weighted by atomic mass is 10.1. The predicted octanol–water partition coefficient (Wildman–Crippen LogP) is 1.62. The molecule has 0 aliphatic carbocycles. The molecule has 1 aliphatic heterocycles. The van der Waals surface area contributed by atoms with Crippen LogP contribution < -0.4 is 10.6 Å². The van der Waals surface area contributed by atoms with Crippen LogP contribution in [0.3, 0.4) is 0 Å². The Morgan fingerprint density at radius 3 is 2.89 bits per heavy atom. The molecule has 0 bridgehead atoms. The van der Waals surface area contributed by atoms with Crippen molar-refractivity contribution in [3.05, 3.63) is 29.8 Å². The van der Waals surface area contributed by atoms with Crippen molar-refractivity contribution in [1.29, 1.82) is 0 Å². The lowest BCUT2D eigenvalue weighted by Crippen LogP contribution is -2.55. The maximum absolute atomic E-state index is 12.1. The number of carbonyl (C=O) groups excluding carboxylic acids is 1. The third-order valence-corrected chi connectivity index (χ3v) is 3.66. The zero-order valence-electron chi connectivity index (χ0n) is 11.9. The number of nitrogens with one attached hydrogen (secondary N) is 2. The standard InChI is InChI=1S/C15H23N3O/c1-11-6-4-5-7-14(11)17-15(19)10-18-9-12(2)16-8-13(18)3/h4-7,12-13,16H,8-10H2,1-3H3,(H,17,19). The van der Waals surface area contributed by atoms with Gasteiger partial charge in [0.05, 0.1) is 6.54 Å². The van der Waals surface area contributed by atoms with Crippen LogP contribution in [0.25, 0.3) is 0 Å². The number of amides is 1. The van der Waals surface area contributed by atoms with Gasteiger partial charge in [-0.1, -0.05) is 18.2 Å². The van der Waals surface area contributed by atoms with E-state index in [1.807, 2.05) is 31.2 Å². The highest BCUT2D eigenvalue weighted by molar-refractivity contribution is 5.92. The number of anilines is 1. The first-order chi connectivity index (χ1) is 9.06. The molecule has 1 amide bonds. The van der Waals surface area contributed by atoms with Gasteiger partial charge >= 0.3 is 0 Å². The maximum Gasteiger partial charge on any atom is 0.238 e. The molecule has 0 aromatic heterocycles. The molecule has 104 valence electrons. The number of benzene rings is 1. The Labute approximate surface area is 115 Å². The van der Waals surface area contributed by atoms with E-state index in [0.29, 0.717) is 18.6 Å². The van der Waals surface area contributed by atoms with Gasteiger partial charge in [-0.25, -0.2) is 0 Å². The molecule has 1 aromatic carbocycles. The zero-order valence-corrected chi connectivity index (χ0v) is 11.9. The fourth-order valence-electron chi connectivity index (χ4n) is 2.40. The Balaban J connectivity index is 1.92. The van der Waals surface area contributed by atoms with Crippen molar-refractivity contribution >= 4 is 11.6 Å². The highest BCUT2D eigenvalue weighted by Gasteiger charge is 2.24. The molecule has 0 radical (unpaired) electrons. The van der Waals surface area contributed by atoms with Gasteiger partial charge in [-0.15, -0.1) is 0 Å². The summed E-state index contributed by atoms with van der Waals surface area (Å²) in [5.41, 5.74) is 2.00. The first kappa shape index (κ1) is 14.0. The highest BCUT2D eigenvalue weighted by atomic mass is 16.2. The molecule has 2 unspecified atom stereocenters. The minimum absolute atomic E-state index is 0.0650. The summed E-state index contributed by atoms with van der Waals surface area (Å²) in [5.74, 6) is 0.0650. The summed E-state index contributed by atoms with van der Waals surface area (Å²) >= 11 is 0. The van der Waals surface area contributed by atoms with E-state index in [2.05, 4.69) is 29.4 Å². The van der Waals surface area contributed by atoms with Gasteiger partial charge in [-0.05, 0) is 32.4 Å². The summed E-state index contributed by atoms with van der Waals surface area (Å²) in [7, 11) is 0. The molecule has 1 aromatic rings. The van der Waals surface area contributed by atoms with Crippen LogP contribution in [0, 0.1) is 6.92 Å². The second-order valence-electron chi connectivity index (χ2n) is 5.45. The molecule has 0 saturated carbocycles. The van der Waals surface area contributed by atoms with Crippen molar-refractivity contribution in [3.8, 4) is 0 Å². The largest absolute Gasteiger partial charge is 0.325 e. The van der Waals surface area contributed by atoms with E-state index in [4.69, 9.17) is 0 Å². The van der Waals surface area contributed by atoms with E-state index in [0.717, 1.165) is 24.3 Å². The highest BCUT2D eigenvalue weighted by Crippen LogP contribution is 2.13. The number of para-hydroxylation sites is 1. The summed E-state index contributed by atoms with van der Waals surface area (Å²) in [6.07, 6.45) is 0. The summed E-state index contributed by atoms with van der Waals surface area (Å²) in [5, 5.41) is 6.41. The molecular formula is C15H23N3O. The van der Waals surface area contributed by atoms with Gasteiger partial charge in [0.1, 0.15) is 0 Å². The second kappa shape index (κ2) is 6.17. The minimum Gasteiger partial charge on any atom is -0.325 e. The van der Waals surface area contributed by atoms with Gasteiger partial charge < -0.3 is 10.6 Å². The Hall–Kier alpha value is -1.39. The van der Waals surface area contributed by atoms with Crippen molar-refractivity contribution in [3.63, 3.8) is 0 Å². The van der Waals surface area contributed by atoms with Crippen molar-refractivity contribution in [1.82, 2.24) is 10.2 Å². The van der Waals surface area contributed by atoms with Crippen LogP contribution in [-0.2, 0) is 4.79 Å². The molecule has 2 N–H and O–H groups in total. The molecule has 4 nitrogen and oxygen atoms in total. The number of piperazine rings is 1. The molecule has 19 heavy (non-hydrogen) atoms. The number of nitrogens with zero attached hydrogens (tertiary/aromatic N) is 1. The van der Waals surface area contributed by atoms with E-state index in [9.17, 15) is 4.79 Å². The third-order valence-electron chi connectivity index (χ3n) is 3.66. The van der Waals surface area contributed by atoms with Crippen LogP contribution in [0.5, 0.6) is 0 Å². The van der Waals surface area contributed by atoms with E-state index >= 15 is 0 Å². The first-order valence-electron chi connectivity index (χ1n) is 6.89. The van der Waals surface area contributed by atoms with Crippen LogP contribution in [0.15, 0.2) is 24.3 Å². The van der Waals surface area contributed by atoms with Crippen LogP contribution >= 0.6 is 0 Å². The van der Waals surface area contributed by atoms with Gasteiger partial charge in [0.2, 0.25) is 5.91 Å². The van der Waals surface area contributed by atoms with Gasteiger partial charge in [0.15, 0.2) is 0 Å². The summed E-state index contributed by atoms with van der Waals surface area (Å²) in [6, 6.07) is 8.71. The quantitative estimate of drug-likeness (QED) is 0.869. The molecule has 1 aliphatic rings. The van der Waals surface area contributed by atoms with Crippen molar-refractivity contribution in [2.24, 2.45) is 0 Å². The number of rotatable bonds is 3. The lowest BCUT2D eigenvalue weighted by molar-refractivity contribution is -0.118. The lowest BCUT2D eigenvalue weighted by Gasteiger charge is -2.36. The van der Waals surface area contributed by atoms with E-state index in [-0.39, 0.29) is 5.91 Å². The number of aryl methyl sites for hydroxylation is 1. The summed E-state index contributed by atoms with van der Waals surface area (Å²) in [4.78, 5) is 14.3. The van der Waals surface area contributed by atoms with Crippen LogP contribution in [0.4, 0.5) is 5.69 Å². The Morgan fingerprint density at radius 2 is 2.16 bits per heavy atom. The fraction of sp³-hybridized carbons (Fsp3) is 0.533. The van der Waals surface area contributed by atoms with Crippen LogP contribution in [0.1, 0.15) is 19.4 Å².